The van der Waals surface area contributed by atoms with Crippen molar-refractivity contribution in [3.8, 4) is 16.9 Å². The van der Waals surface area contributed by atoms with Gasteiger partial charge in [-0.05, 0) is 60.2 Å². The molecule has 1 heterocycles. The van der Waals surface area contributed by atoms with E-state index in [9.17, 15) is 19.8 Å². The molecule has 3 N–H and O–H groups in total. The van der Waals surface area contributed by atoms with Gasteiger partial charge in [0.2, 0.25) is 0 Å². The average molecular weight is 469 g/mol. The van der Waals surface area contributed by atoms with E-state index in [-0.39, 0.29) is 18.0 Å². The van der Waals surface area contributed by atoms with Gasteiger partial charge in [-0.3, -0.25) is 9.59 Å². The van der Waals surface area contributed by atoms with E-state index in [1.807, 2.05) is 18.2 Å². The predicted octanol–water partition coefficient (Wildman–Crippen LogP) is 5.23. The molecule has 0 fully saturated rings. The Balaban J connectivity index is 1.47. The zero-order valence-electron chi connectivity index (χ0n) is 19.8. The van der Waals surface area contributed by atoms with Crippen LogP contribution in [-0.2, 0) is 17.6 Å². The number of aryl methyl sites for hydroxylation is 2. The molecular weight excluding hydrogens is 440 g/mol. The van der Waals surface area contributed by atoms with E-state index in [0.717, 1.165) is 24.0 Å². The topological polar surface area (TPSA) is 99.5 Å². The van der Waals surface area contributed by atoms with Crippen LogP contribution in [0.25, 0.3) is 21.9 Å². The summed E-state index contributed by atoms with van der Waals surface area (Å²) in [6, 6.07) is 24.3. The van der Waals surface area contributed by atoms with Crippen molar-refractivity contribution in [1.29, 1.82) is 0 Å². The number of pyridine rings is 1. The van der Waals surface area contributed by atoms with Crippen molar-refractivity contribution in [3.63, 3.8) is 0 Å². The minimum atomic E-state index is -1.13. The third-order valence-electron chi connectivity index (χ3n) is 6.18. The van der Waals surface area contributed by atoms with Crippen molar-refractivity contribution in [3.05, 3.63) is 95.8 Å². The molecule has 0 aliphatic heterocycles. The van der Waals surface area contributed by atoms with Gasteiger partial charge in [0.15, 0.2) is 5.69 Å². The Labute approximate surface area is 204 Å². The second-order valence-electron chi connectivity index (χ2n) is 9.30. The van der Waals surface area contributed by atoms with Crippen molar-refractivity contribution in [2.75, 3.05) is 6.54 Å². The molecule has 0 spiro atoms. The average Bonchev–Trinajstić information content (AvgIpc) is 2.86. The fourth-order valence-electron chi connectivity index (χ4n) is 3.94. The van der Waals surface area contributed by atoms with Gasteiger partial charge in [0.05, 0.1) is 5.41 Å². The van der Waals surface area contributed by atoms with Crippen LogP contribution in [0.15, 0.2) is 79.0 Å². The van der Waals surface area contributed by atoms with Crippen molar-refractivity contribution in [1.82, 2.24) is 10.3 Å². The number of carboxylic acids is 1. The number of nitrogens with zero attached hydrogens (tertiary/aromatic N) is 1. The smallest absolute Gasteiger partial charge is 0.310 e. The Hall–Kier alpha value is -4.19. The van der Waals surface area contributed by atoms with Gasteiger partial charge in [0, 0.05) is 18.3 Å². The Morgan fingerprint density at radius 3 is 2.43 bits per heavy atom. The number of nitrogens with one attached hydrogen (secondary N) is 1. The van der Waals surface area contributed by atoms with Crippen molar-refractivity contribution in [2.24, 2.45) is 5.41 Å². The summed E-state index contributed by atoms with van der Waals surface area (Å²) in [5.74, 6) is -1.90. The first-order valence-corrected chi connectivity index (χ1v) is 11.5. The number of aromatic hydroxyl groups is 1. The van der Waals surface area contributed by atoms with E-state index in [4.69, 9.17) is 0 Å². The number of benzene rings is 3. The van der Waals surface area contributed by atoms with E-state index >= 15 is 0 Å². The van der Waals surface area contributed by atoms with Crippen molar-refractivity contribution < 1.29 is 19.8 Å². The number of amides is 1. The molecule has 4 rings (SSSR count). The molecule has 0 aliphatic carbocycles. The van der Waals surface area contributed by atoms with Crippen LogP contribution in [0.2, 0.25) is 0 Å². The van der Waals surface area contributed by atoms with Crippen LogP contribution in [0.4, 0.5) is 0 Å². The molecule has 0 radical (unpaired) electrons. The van der Waals surface area contributed by atoms with Crippen LogP contribution in [0.1, 0.15) is 35.5 Å². The number of hydrogen-bond acceptors (Lipinski definition) is 4. The third-order valence-corrected chi connectivity index (χ3v) is 6.18. The fourth-order valence-corrected chi connectivity index (χ4v) is 3.94. The van der Waals surface area contributed by atoms with Crippen LogP contribution in [0.3, 0.4) is 0 Å². The normalized spacial score (nSPS) is 11.4. The van der Waals surface area contributed by atoms with Gasteiger partial charge in [-0.2, -0.15) is 0 Å². The molecule has 1 aromatic heterocycles. The summed E-state index contributed by atoms with van der Waals surface area (Å²) in [4.78, 5) is 27.8. The Kier molecular flexibility index (Phi) is 6.82. The predicted molar refractivity (Wildman–Crippen MR) is 136 cm³/mol. The first-order chi connectivity index (χ1) is 16.7. The molecule has 0 aliphatic rings. The summed E-state index contributed by atoms with van der Waals surface area (Å²) in [5.41, 5.74) is 2.78. The zero-order chi connectivity index (χ0) is 25.0. The molecule has 0 atom stereocenters. The molecule has 3 aromatic carbocycles. The Morgan fingerprint density at radius 2 is 1.66 bits per heavy atom. The number of carbonyl (C=O) groups excluding carboxylic acids is 1. The summed E-state index contributed by atoms with van der Waals surface area (Å²) in [7, 11) is 0. The highest BCUT2D eigenvalue weighted by molar-refractivity contribution is 5.95. The van der Waals surface area contributed by atoms with Crippen molar-refractivity contribution >= 4 is 22.6 Å². The van der Waals surface area contributed by atoms with Gasteiger partial charge in [0.25, 0.3) is 5.91 Å². The van der Waals surface area contributed by atoms with E-state index in [2.05, 4.69) is 58.8 Å². The summed E-state index contributed by atoms with van der Waals surface area (Å²) in [6.45, 7) is 2.95. The quantitative estimate of drug-likeness (QED) is 0.329. The number of fused-ring (bicyclic) bond motifs is 1. The Morgan fingerprint density at radius 1 is 0.914 bits per heavy atom. The molecule has 178 valence electrons. The number of carbonyl (C=O) groups is 2. The van der Waals surface area contributed by atoms with Gasteiger partial charge in [-0.15, -0.1) is 0 Å². The van der Waals surface area contributed by atoms with Gasteiger partial charge >= 0.3 is 5.97 Å². The first kappa shape index (κ1) is 24.0. The fraction of sp³-hybridized carbons (Fsp3) is 0.207. The molecule has 0 saturated carbocycles. The summed E-state index contributed by atoms with van der Waals surface area (Å²) in [6.07, 6.45) is 3.31. The standard InChI is InChI=1S/C29H28N2O4/c1-29(2,28(34)35)18-31-27(33)26-25(32)16-23(17-30-26)22-11-5-7-19(15-22)13-14-21-10-6-9-20-8-3-4-12-24(20)21/h3-12,15-17,32H,13-14,18H2,1-2H3,(H,31,33)(H,34,35). The number of hydrogen-bond donors (Lipinski definition) is 3. The van der Waals surface area contributed by atoms with Crippen LogP contribution < -0.4 is 5.32 Å². The van der Waals surface area contributed by atoms with E-state index in [1.165, 1.54) is 36.2 Å². The summed E-state index contributed by atoms with van der Waals surface area (Å²) >= 11 is 0. The highest BCUT2D eigenvalue weighted by Gasteiger charge is 2.28. The molecule has 0 bridgehead atoms. The summed E-state index contributed by atoms with van der Waals surface area (Å²) < 4.78 is 0. The lowest BCUT2D eigenvalue weighted by atomic mass is 9.94. The molecule has 6 heteroatoms. The highest BCUT2D eigenvalue weighted by atomic mass is 16.4. The highest BCUT2D eigenvalue weighted by Crippen LogP contribution is 2.27. The van der Waals surface area contributed by atoms with E-state index in [1.54, 1.807) is 6.20 Å². The molecule has 35 heavy (non-hydrogen) atoms. The second-order valence-corrected chi connectivity index (χ2v) is 9.30. The largest absolute Gasteiger partial charge is 0.505 e. The lowest BCUT2D eigenvalue weighted by molar-refractivity contribution is -0.146. The maximum Gasteiger partial charge on any atom is 0.310 e. The monoisotopic (exact) mass is 468 g/mol. The third kappa shape index (κ3) is 5.49. The molecule has 0 unspecified atom stereocenters. The molecular formula is C29H28N2O4. The lowest BCUT2D eigenvalue weighted by Crippen LogP contribution is -2.39. The van der Waals surface area contributed by atoms with Crippen LogP contribution >= 0.6 is 0 Å². The van der Waals surface area contributed by atoms with Gasteiger partial charge in [0.1, 0.15) is 5.75 Å². The second kappa shape index (κ2) is 9.97. The maximum absolute atomic E-state index is 12.4. The lowest BCUT2D eigenvalue weighted by Gasteiger charge is -2.19. The first-order valence-electron chi connectivity index (χ1n) is 11.5. The van der Waals surface area contributed by atoms with Crippen LogP contribution in [-0.4, -0.2) is 33.6 Å². The van der Waals surface area contributed by atoms with Gasteiger partial charge < -0.3 is 15.5 Å². The van der Waals surface area contributed by atoms with Gasteiger partial charge in [-0.25, -0.2) is 4.98 Å². The zero-order valence-corrected chi connectivity index (χ0v) is 19.8. The van der Waals surface area contributed by atoms with Gasteiger partial charge in [-0.1, -0.05) is 66.7 Å². The molecule has 6 nitrogen and oxygen atoms in total. The van der Waals surface area contributed by atoms with Crippen molar-refractivity contribution in [2.45, 2.75) is 26.7 Å². The SMILES string of the molecule is CC(C)(CNC(=O)c1ncc(-c2cccc(CCc3cccc4ccccc34)c2)cc1O)C(=O)O. The minimum absolute atomic E-state index is 0.0806. The number of rotatable bonds is 8. The number of carboxylic acid groups (broad SMARTS) is 1. The molecule has 4 aromatic rings. The molecule has 1 amide bonds. The van der Waals surface area contributed by atoms with E-state index in [0.29, 0.717) is 5.56 Å². The number of aromatic nitrogens is 1. The molecule has 0 saturated heterocycles. The van der Waals surface area contributed by atoms with Crippen LogP contribution in [0.5, 0.6) is 5.75 Å². The summed E-state index contributed by atoms with van der Waals surface area (Å²) in [5, 5.41) is 24.7. The minimum Gasteiger partial charge on any atom is -0.505 e. The van der Waals surface area contributed by atoms with Crippen LogP contribution in [0, 0.1) is 5.41 Å². The van der Waals surface area contributed by atoms with E-state index < -0.39 is 17.3 Å². The maximum atomic E-state index is 12.4. The Bertz CT molecular complexity index is 1390. The number of aliphatic carboxylic acids is 1.